The van der Waals surface area contributed by atoms with Crippen LogP contribution in [0.4, 0.5) is 0 Å². The smallest absolute Gasteiger partial charge is 0.139 e. The summed E-state index contributed by atoms with van der Waals surface area (Å²) >= 11 is 0. The van der Waals surface area contributed by atoms with Gasteiger partial charge >= 0.3 is 0 Å². The number of hydrogen-bond donors (Lipinski definition) is 1. The molecule has 0 aromatic carbocycles. The van der Waals surface area contributed by atoms with Crippen molar-refractivity contribution in [1.82, 2.24) is 0 Å². The number of rotatable bonds is 0. The third-order valence-electron chi connectivity index (χ3n) is 8.69. The zero-order valence-corrected chi connectivity index (χ0v) is 13.4. The molecule has 0 heterocycles. The normalized spacial score (nSPS) is 59.4. The number of aliphatic hydroxyl groups is 1. The maximum atomic E-state index is 12.4. The first-order valence-electron chi connectivity index (χ1n) is 9.22. The van der Waals surface area contributed by atoms with Crippen molar-refractivity contribution in [1.29, 1.82) is 0 Å². The largest absolute Gasteiger partial charge is 0.392 e. The lowest BCUT2D eigenvalue weighted by Crippen LogP contribution is -2.51. The third kappa shape index (κ3) is 1.35. The van der Waals surface area contributed by atoms with Crippen molar-refractivity contribution in [2.75, 3.05) is 0 Å². The summed E-state index contributed by atoms with van der Waals surface area (Å²) in [5.41, 5.74) is -0.0196. The highest BCUT2D eigenvalue weighted by atomic mass is 16.3. The lowest BCUT2D eigenvalue weighted by atomic mass is 9.49. The maximum absolute atomic E-state index is 12.4. The Balaban J connectivity index is 1.52. The average molecular weight is 302 g/mol. The van der Waals surface area contributed by atoms with Gasteiger partial charge in [0.15, 0.2) is 0 Å². The SMILES string of the molecule is C[C@]12CC[C@H]3[C@@H](CC[C@H]4CC(=O)C[C@H]5[C@@H](O)[C@]435)[C@@H]1CCC2=O. The van der Waals surface area contributed by atoms with E-state index in [2.05, 4.69) is 6.92 Å². The molecule has 22 heavy (non-hydrogen) atoms. The number of hydrogen-bond acceptors (Lipinski definition) is 3. The average Bonchev–Trinajstić information content (AvgIpc) is 2.94. The van der Waals surface area contributed by atoms with E-state index in [4.69, 9.17) is 0 Å². The van der Waals surface area contributed by atoms with Crippen LogP contribution >= 0.6 is 0 Å². The number of aliphatic hydroxyl groups excluding tert-OH is 1. The van der Waals surface area contributed by atoms with Gasteiger partial charge in [-0.25, -0.2) is 0 Å². The number of fused-ring (bicyclic) bond motifs is 3. The van der Waals surface area contributed by atoms with Crippen LogP contribution in [0, 0.1) is 40.4 Å². The molecule has 5 aliphatic rings. The van der Waals surface area contributed by atoms with Crippen molar-refractivity contribution >= 4 is 11.6 Å². The van der Waals surface area contributed by atoms with E-state index in [1.165, 1.54) is 6.42 Å². The van der Waals surface area contributed by atoms with Crippen LogP contribution in [0.5, 0.6) is 0 Å². The lowest BCUT2D eigenvalue weighted by molar-refractivity contribution is -0.137. The second kappa shape index (κ2) is 4.03. The fourth-order valence-corrected chi connectivity index (χ4v) is 7.72. The van der Waals surface area contributed by atoms with Gasteiger partial charge in [0.1, 0.15) is 11.6 Å². The summed E-state index contributed by atoms with van der Waals surface area (Å²) in [5, 5.41) is 10.7. The molecule has 0 bridgehead atoms. The summed E-state index contributed by atoms with van der Waals surface area (Å²) in [6.45, 7) is 2.21. The second-order valence-corrected chi connectivity index (χ2v) is 9.07. The van der Waals surface area contributed by atoms with E-state index in [-0.39, 0.29) is 22.9 Å². The van der Waals surface area contributed by atoms with Crippen molar-refractivity contribution in [3.63, 3.8) is 0 Å². The fourth-order valence-electron chi connectivity index (χ4n) is 7.72. The molecular formula is C19H26O3. The van der Waals surface area contributed by atoms with E-state index in [0.717, 1.165) is 32.1 Å². The molecule has 120 valence electrons. The van der Waals surface area contributed by atoms with Crippen LogP contribution in [0.15, 0.2) is 0 Å². The zero-order chi connectivity index (χ0) is 15.3. The molecule has 0 radical (unpaired) electrons. The molecular weight excluding hydrogens is 276 g/mol. The van der Waals surface area contributed by atoms with E-state index in [1.807, 2.05) is 0 Å². The van der Waals surface area contributed by atoms with E-state index in [0.29, 0.717) is 48.1 Å². The van der Waals surface area contributed by atoms with Gasteiger partial charge in [-0.3, -0.25) is 9.59 Å². The lowest BCUT2D eigenvalue weighted by Gasteiger charge is -2.54. The first-order valence-corrected chi connectivity index (χ1v) is 9.22. The van der Waals surface area contributed by atoms with Crippen LogP contribution in [0.2, 0.25) is 0 Å². The Bertz CT molecular complexity index is 569. The summed E-state index contributed by atoms with van der Waals surface area (Å²) < 4.78 is 0. The maximum Gasteiger partial charge on any atom is 0.139 e. The van der Waals surface area contributed by atoms with E-state index >= 15 is 0 Å². The first-order chi connectivity index (χ1) is 10.5. The Morgan fingerprint density at radius 3 is 2.64 bits per heavy atom. The minimum atomic E-state index is -0.238. The summed E-state index contributed by atoms with van der Waals surface area (Å²) in [6.07, 6.45) is 7.31. The summed E-state index contributed by atoms with van der Waals surface area (Å²) in [6, 6.07) is 0. The minimum absolute atomic E-state index is 0.0593. The number of Topliss-reactive ketones (excluding diaryl/α,β-unsaturated/α-hetero) is 2. The highest BCUT2D eigenvalue weighted by Gasteiger charge is 2.76. The molecule has 8 atom stereocenters. The topological polar surface area (TPSA) is 54.4 Å². The van der Waals surface area contributed by atoms with E-state index in [9.17, 15) is 14.7 Å². The van der Waals surface area contributed by atoms with Crippen LogP contribution in [0.25, 0.3) is 0 Å². The van der Waals surface area contributed by atoms with Gasteiger partial charge in [0.05, 0.1) is 6.10 Å². The highest BCUT2D eigenvalue weighted by molar-refractivity contribution is 5.87. The molecule has 5 rings (SSSR count). The van der Waals surface area contributed by atoms with Crippen molar-refractivity contribution in [3.8, 4) is 0 Å². The Morgan fingerprint density at radius 2 is 1.82 bits per heavy atom. The van der Waals surface area contributed by atoms with Crippen molar-refractivity contribution in [3.05, 3.63) is 0 Å². The first kappa shape index (κ1) is 13.7. The molecule has 5 fully saturated rings. The Morgan fingerprint density at radius 1 is 1.00 bits per heavy atom. The predicted octanol–water partition coefficient (Wildman–Crippen LogP) is 2.75. The Labute approximate surface area is 131 Å². The molecule has 0 saturated heterocycles. The molecule has 0 aliphatic heterocycles. The number of ketones is 2. The van der Waals surface area contributed by atoms with Gasteiger partial charge in [-0.2, -0.15) is 0 Å². The van der Waals surface area contributed by atoms with Crippen LogP contribution in [0.1, 0.15) is 58.3 Å². The summed E-state index contributed by atoms with van der Waals surface area (Å²) in [4.78, 5) is 24.4. The standard InChI is InChI=1S/C19H26O3/c1-18-7-6-14-12(13(18)4-5-16(18)21)3-2-10-8-11(20)9-15-17(22)19(10,14)15/h10,12-15,17,22H,2-9H2,1H3/t10-,12-,13-,14-,15-,17+,18-,19+/m0/s1. The molecule has 5 aliphatic carbocycles. The summed E-state index contributed by atoms with van der Waals surface area (Å²) in [7, 11) is 0. The molecule has 0 aromatic rings. The van der Waals surface area contributed by atoms with Gasteiger partial charge in [0, 0.05) is 36.0 Å². The van der Waals surface area contributed by atoms with Gasteiger partial charge < -0.3 is 5.11 Å². The van der Waals surface area contributed by atoms with Crippen molar-refractivity contribution in [2.24, 2.45) is 40.4 Å². The molecule has 1 N–H and O–H groups in total. The molecule has 0 aromatic heterocycles. The minimum Gasteiger partial charge on any atom is -0.392 e. The molecule has 0 amide bonds. The summed E-state index contributed by atoms with van der Waals surface area (Å²) in [5.74, 6) is 3.27. The quantitative estimate of drug-likeness (QED) is 0.748. The van der Waals surface area contributed by atoms with Crippen molar-refractivity contribution < 1.29 is 14.7 Å². The number of carbonyl (C=O) groups is 2. The van der Waals surface area contributed by atoms with Crippen LogP contribution in [0.3, 0.4) is 0 Å². The third-order valence-corrected chi connectivity index (χ3v) is 8.69. The van der Waals surface area contributed by atoms with Crippen LogP contribution < -0.4 is 0 Å². The van der Waals surface area contributed by atoms with Crippen LogP contribution in [-0.2, 0) is 9.59 Å². The zero-order valence-electron chi connectivity index (χ0n) is 13.4. The predicted molar refractivity (Wildman–Crippen MR) is 80.9 cm³/mol. The molecule has 1 spiro atoms. The van der Waals surface area contributed by atoms with Gasteiger partial charge in [0.2, 0.25) is 0 Å². The van der Waals surface area contributed by atoms with Gasteiger partial charge in [-0.1, -0.05) is 6.92 Å². The highest BCUT2D eigenvalue weighted by Crippen LogP contribution is 2.75. The Hall–Kier alpha value is -0.700. The molecule has 0 unspecified atom stereocenters. The van der Waals surface area contributed by atoms with E-state index in [1.54, 1.807) is 0 Å². The van der Waals surface area contributed by atoms with Crippen molar-refractivity contribution in [2.45, 2.75) is 64.4 Å². The van der Waals surface area contributed by atoms with Crippen LogP contribution in [-0.4, -0.2) is 22.8 Å². The van der Waals surface area contributed by atoms with Gasteiger partial charge in [-0.05, 0) is 55.8 Å². The number of carbonyl (C=O) groups excluding carboxylic acids is 2. The monoisotopic (exact) mass is 302 g/mol. The van der Waals surface area contributed by atoms with E-state index < -0.39 is 0 Å². The molecule has 5 saturated carbocycles. The Kier molecular flexibility index (Phi) is 2.51. The van der Waals surface area contributed by atoms with Gasteiger partial charge in [-0.15, -0.1) is 0 Å². The molecule has 3 nitrogen and oxygen atoms in total. The molecule has 3 heteroatoms. The second-order valence-electron chi connectivity index (χ2n) is 9.07. The van der Waals surface area contributed by atoms with Gasteiger partial charge in [0.25, 0.3) is 0 Å². The fraction of sp³-hybridized carbons (Fsp3) is 0.895.